The first kappa shape index (κ1) is 22.6. The van der Waals surface area contributed by atoms with Crippen LogP contribution in [-0.4, -0.2) is 33.7 Å². The monoisotopic (exact) mass is 304 g/mol. The number of carboxylic acid groups (broad SMARTS) is 2. The van der Waals surface area contributed by atoms with Crippen molar-refractivity contribution >= 4 is 36.8 Å². The van der Waals surface area contributed by atoms with Crippen LogP contribution in [0.15, 0.2) is 0 Å². The molecule has 8 heteroatoms. The molecule has 0 spiro atoms. The Kier molecular flexibility index (Phi) is 11.8. The fourth-order valence-corrected chi connectivity index (χ4v) is 1.76. The molecule has 0 aliphatic carbocycles. The average molecular weight is 305 g/mol. The van der Waals surface area contributed by atoms with Crippen LogP contribution in [-0.2, 0) is 9.59 Å². The summed E-state index contributed by atoms with van der Waals surface area (Å²) in [7, 11) is 0. The lowest BCUT2D eigenvalue weighted by molar-refractivity contribution is -0.147. The summed E-state index contributed by atoms with van der Waals surface area (Å²) in [5.74, 6) is -2.69. The van der Waals surface area contributed by atoms with E-state index in [1.54, 1.807) is 13.8 Å². The zero-order valence-corrected chi connectivity index (χ0v) is 12.1. The molecule has 6 nitrogen and oxygen atoms in total. The second-order valence-corrected chi connectivity index (χ2v) is 3.98. The maximum absolute atomic E-state index is 11.1. The number of nitrogens with two attached hydrogens (primary N) is 2. The Balaban J connectivity index is -0.00000112. The maximum atomic E-state index is 11.1. The number of rotatable bonds is 7. The fourth-order valence-electron chi connectivity index (χ4n) is 1.76. The predicted octanol–water partition coefficient (Wildman–Crippen LogP) is 0.850. The van der Waals surface area contributed by atoms with Crippen LogP contribution in [0.25, 0.3) is 0 Å². The number of aliphatic carboxylic acids is 2. The highest BCUT2D eigenvalue weighted by Crippen LogP contribution is 2.26. The van der Waals surface area contributed by atoms with E-state index < -0.39 is 29.4 Å². The standard InChI is InChI=1S/C10H20N2O4.2ClH/c1-3-6(5-7(11)8(13)14)10(12,4-2)9(15)16;;/h6-7H,3-5,11-12H2,1-2H3,(H,13,14)(H,15,16);2*1H. The van der Waals surface area contributed by atoms with Crippen molar-refractivity contribution in [3.05, 3.63) is 0 Å². The van der Waals surface area contributed by atoms with E-state index in [9.17, 15) is 9.59 Å². The molecule has 0 fully saturated rings. The van der Waals surface area contributed by atoms with Crippen molar-refractivity contribution in [1.82, 2.24) is 0 Å². The highest BCUT2D eigenvalue weighted by molar-refractivity contribution is 5.85. The molecule has 0 amide bonds. The third-order valence-corrected chi connectivity index (χ3v) is 3.06. The Labute approximate surface area is 119 Å². The van der Waals surface area contributed by atoms with E-state index in [1.165, 1.54) is 0 Å². The van der Waals surface area contributed by atoms with Gasteiger partial charge >= 0.3 is 11.9 Å². The number of hydrogen-bond acceptors (Lipinski definition) is 4. The van der Waals surface area contributed by atoms with Crippen molar-refractivity contribution in [3.63, 3.8) is 0 Å². The summed E-state index contributed by atoms with van der Waals surface area (Å²) in [5, 5.41) is 17.8. The first-order valence-electron chi connectivity index (χ1n) is 5.30. The van der Waals surface area contributed by atoms with Gasteiger partial charge in [-0.3, -0.25) is 9.59 Å². The summed E-state index contributed by atoms with van der Waals surface area (Å²) in [6.45, 7) is 3.45. The van der Waals surface area contributed by atoms with Crippen molar-refractivity contribution in [3.8, 4) is 0 Å². The van der Waals surface area contributed by atoms with Gasteiger partial charge in [-0.1, -0.05) is 20.3 Å². The highest BCUT2D eigenvalue weighted by Gasteiger charge is 2.40. The topological polar surface area (TPSA) is 127 Å². The Bertz CT molecular complexity index is 279. The van der Waals surface area contributed by atoms with Gasteiger partial charge in [0, 0.05) is 0 Å². The molecular formula is C10H22Cl2N2O4. The lowest BCUT2D eigenvalue weighted by atomic mass is 9.77. The molecule has 0 saturated heterocycles. The zero-order chi connectivity index (χ0) is 12.9. The van der Waals surface area contributed by atoms with Crippen LogP contribution in [0.4, 0.5) is 0 Å². The van der Waals surface area contributed by atoms with Crippen molar-refractivity contribution in [2.24, 2.45) is 17.4 Å². The first-order valence-corrected chi connectivity index (χ1v) is 5.30. The fraction of sp³-hybridized carbons (Fsp3) is 0.800. The molecule has 3 atom stereocenters. The second kappa shape index (κ2) is 9.38. The second-order valence-electron chi connectivity index (χ2n) is 3.98. The maximum Gasteiger partial charge on any atom is 0.323 e. The minimum Gasteiger partial charge on any atom is -0.480 e. The van der Waals surface area contributed by atoms with Gasteiger partial charge in [-0.25, -0.2) is 0 Å². The normalized spacial score (nSPS) is 16.4. The molecule has 18 heavy (non-hydrogen) atoms. The van der Waals surface area contributed by atoms with E-state index in [4.69, 9.17) is 21.7 Å². The highest BCUT2D eigenvalue weighted by atomic mass is 35.5. The molecular weight excluding hydrogens is 283 g/mol. The summed E-state index contributed by atoms with van der Waals surface area (Å²) in [6.07, 6.45) is 0.799. The van der Waals surface area contributed by atoms with Gasteiger partial charge < -0.3 is 21.7 Å². The van der Waals surface area contributed by atoms with Gasteiger partial charge in [-0.2, -0.15) is 0 Å². The number of halogens is 2. The number of hydrogen-bond donors (Lipinski definition) is 4. The zero-order valence-electron chi connectivity index (χ0n) is 10.5. The molecule has 0 rings (SSSR count). The smallest absolute Gasteiger partial charge is 0.323 e. The molecule has 0 saturated carbocycles. The van der Waals surface area contributed by atoms with Crippen molar-refractivity contribution in [2.75, 3.05) is 0 Å². The summed E-state index contributed by atoms with van der Waals surface area (Å²) in [5.41, 5.74) is 9.79. The molecule has 0 radical (unpaired) electrons. The molecule has 0 aromatic heterocycles. The van der Waals surface area contributed by atoms with Crippen LogP contribution >= 0.6 is 24.8 Å². The van der Waals surface area contributed by atoms with Gasteiger partial charge in [0.15, 0.2) is 0 Å². The van der Waals surface area contributed by atoms with E-state index in [2.05, 4.69) is 0 Å². The van der Waals surface area contributed by atoms with Gasteiger partial charge in [-0.05, 0) is 18.8 Å². The van der Waals surface area contributed by atoms with Crippen LogP contribution in [0, 0.1) is 5.92 Å². The van der Waals surface area contributed by atoms with Crippen LogP contribution in [0.2, 0.25) is 0 Å². The molecule has 3 unspecified atom stereocenters. The van der Waals surface area contributed by atoms with Crippen molar-refractivity contribution in [1.29, 1.82) is 0 Å². The van der Waals surface area contributed by atoms with E-state index >= 15 is 0 Å². The Morgan fingerprint density at radius 3 is 1.89 bits per heavy atom. The van der Waals surface area contributed by atoms with E-state index in [-0.39, 0.29) is 37.7 Å². The number of carboxylic acids is 2. The van der Waals surface area contributed by atoms with E-state index in [0.29, 0.717) is 6.42 Å². The van der Waals surface area contributed by atoms with Gasteiger partial charge in [0.25, 0.3) is 0 Å². The largest absolute Gasteiger partial charge is 0.480 e. The van der Waals surface area contributed by atoms with E-state index in [0.717, 1.165) is 0 Å². The minimum atomic E-state index is -1.40. The Morgan fingerprint density at radius 2 is 1.67 bits per heavy atom. The Morgan fingerprint density at radius 1 is 1.22 bits per heavy atom. The molecule has 0 aromatic carbocycles. The van der Waals surface area contributed by atoms with Crippen LogP contribution in [0.1, 0.15) is 33.1 Å². The molecule has 6 N–H and O–H groups in total. The van der Waals surface area contributed by atoms with E-state index in [1.807, 2.05) is 0 Å². The van der Waals surface area contributed by atoms with Gasteiger partial charge in [-0.15, -0.1) is 24.8 Å². The van der Waals surface area contributed by atoms with Crippen LogP contribution in [0.3, 0.4) is 0 Å². The van der Waals surface area contributed by atoms with Crippen LogP contribution in [0.5, 0.6) is 0 Å². The molecule has 0 aliphatic heterocycles. The number of carbonyl (C=O) groups is 2. The minimum absolute atomic E-state index is 0. The van der Waals surface area contributed by atoms with Gasteiger partial charge in [0.2, 0.25) is 0 Å². The lowest BCUT2D eigenvalue weighted by Crippen LogP contribution is -2.55. The Hall–Kier alpha value is -0.560. The molecule has 0 heterocycles. The summed E-state index contributed by atoms with van der Waals surface area (Å²) >= 11 is 0. The van der Waals surface area contributed by atoms with Crippen molar-refractivity contribution in [2.45, 2.75) is 44.7 Å². The van der Waals surface area contributed by atoms with Crippen LogP contribution < -0.4 is 11.5 Å². The third kappa shape index (κ3) is 5.39. The summed E-state index contributed by atoms with van der Waals surface area (Å²) in [6, 6.07) is -1.07. The molecule has 0 aliphatic rings. The average Bonchev–Trinajstić information content (AvgIpc) is 2.23. The molecule has 0 aromatic rings. The van der Waals surface area contributed by atoms with Gasteiger partial charge in [0.1, 0.15) is 11.6 Å². The molecule has 0 bridgehead atoms. The molecule has 110 valence electrons. The van der Waals surface area contributed by atoms with Crippen molar-refractivity contribution < 1.29 is 19.8 Å². The van der Waals surface area contributed by atoms with Gasteiger partial charge in [0.05, 0.1) is 0 Å². The summed E-state index contributed by atoms with van der Waals surface area (Å²) in [4.78, 5) is 21.7. The summed E-state index contributed by atoms with van der Waals surface area (Å²) < 4.78 is 0. The SMILES string of the molecule is CCC(CC(N)C(=O)O)C(N)(CC)C(=O)O.Cl.Cl. The predicted molar refractivity (Wildman–Crippen MR) is 73.4 cm³/mol. The quantitative estimate of drug-likeness (QED) is 0.552. The third-order valence-electron chi connectivity index (χ3n) is 3.06. The lowest BCUT2D eigenvalue weighted by Gasteiger charge is -2.33. The first-order chi connectivity index (χ1) is 7.29.